The molecule has 0 atom stereocenters. The van der Waals surface area contributed by atoms with E-state index < -0.39 is 10.0 Å². The van der Waals surface area contributed by atoms with Gasteiger partial charge in [0, 0.05) is 25.8 Å². The van der Waals surface area contributed by atoms with E-state index in [1.54, 1.807) is 22.6 Å². The minimum Gasteiger partial charge on any atom is -0.369 e. The molecule has 1 aromatic rings. The van der Waals surface area contributed by atoms with E-state index in [1.165, 1.54) is 0 Å². The first-order chi connectivity index (χ1) is 9.99. The van der Waals surface area contributed by atoms with Gasteiger partial charge in [0.15, 0.2) is 0 Å². The highest BCUT2D eigenvalue weighted by Crippen LogP contribution is 2.39. The van der Waals surface area contributed by atoms with Gasteiger partial charge in [0.25, 0.3) is 0 Å². The Labute approximate surface area is 127 Å². The summed E-state index contributed by atoms with van der Waals surface area (Å²) in [7, 11) is -3.47. The number of rotatable bonds is 6. The van der Waals surface area contributed by atoms with E-state index in [-0.39, 0.29) is 10.3 Å². The Morgan fingerprint density at radius 2 is 2.05 bits per heavy atom. The number of hydrogen-bond donors (Lipinski definition) is 1. The van der Waals surface area contributed by atoms with Gasteiger partial charge >= 0.3 is 0 Å². The van der Waals surface area contributed by atoms with Gasteiger partial charge in [0.2, 0.25) is 10.0 Å². The van der Waals surface area contributed by atoms with Crippen molar-refractivity contribution in [3.05, 3.63) is 18.3 Å². The van der Waals surface area contributed by atoms with Crippen molar-refractivity contribution in [1.82, 2.24) is 9.29 Å². The lowest BCUT2D eigenvalue weighted by Gasteiger charge is -2.26. The minimum absolute atomic E-state index is 0.133. The van der Waals surface area contributed by atoms with Gasteiger partial charge in [0.05, 0.1) is 0 Å². The second kappa shape index (κ2) is 6.32. The van der Waals surface area contributed by atoms with Crippen molar-refractivity contribution < 1.29 is 8.42 Å². The predicted octanol–water partition coefficient (Wildman–Crippen LogP) is 2.71. The van der Waals surface area contributed by atoms with Crippen molar-refractivity contribution in [3.63, 3.8) is 0 Å². The van der Waals surface area contributed by atoms with Gasteiger partial charge in [-0.1, -0.05) is 13.8 Å². The van der Waals surface area contributed by atoms with Crippen molar-refractivity contribution in [3.8, 4) is 0 Å². The summed E-state index contributed by atoms with van der Waals surface area (Å²) in [6.45, 7) is 8.09. The molecule has 5 nitrogen and oxygen atoms in total. The number of nitrogens with zero attached hydrogens (tertiary/aromatic N) is 2. The number of pyridine rings is 1. The normalized spacial score (nSPS) is 18.8. The molecular weight excluding hydrogens is 286 g/mol. The fourth-order valence-corrected chi connectivity index (χ4v) is 4.64. The average molecular weight is 311 g/mol. The Kier molecular flexibility index (Phi) is 4.88. The molecule has 2 heterocycles. The largest absolute Gasteiger partial charge is 0.369 e. The third-order valence-electron chi connectivity index (χ3n) is 4.64. The highest BCUT2D eigenvalue weighted by molar-refractivity contribution is 7.89. The first-order valence-corrected chi connectivity index (χ1v) is 9.12. The van der Waals surface area contributed by atoms with Crippen LogP contribution < -0.4 is 5.32 Å². The number of aromatic nitrogens is 1. The Morgan fingerprint density at radius 3 is 2.62 bits per heavy atom. The number of hydrogen-bond acceptors (Lipinski definition) is 4. The SMILES string of the molecule is CCNc1ncccc1S(=O)(=O)N1CCC(CC)(CC)C1. The highest BCUT2D eigenvalue weighted by atomic mass is 32.2. The molecule has 0 radical (unpaired) electrons. The van der Waals surface area contributed by atoms with Gasteiger partial charge in [-0.05, 0) is 43.7 Å². The lowest BCUT2D eigenvalue weighted by atomic mass is 9.82. The quantitative estimate of drug-likeness (QED) is 0.877. The molecule has 1 fully saturated rings. The fraction of sp³-hybridized carbons (Fsp3) is 0.667. The molecule has 0 aromatic carbocycles. The summed E-state index contributed by atoms with van der Waals surface area (Å²) in [5.74, 6) is 0.450. The van der Waals surface area contributed by atoms with Crippen molar-refractivity contribution in [2.45, 2.75) is 44.9 Å². The smallest absolute Gasteiger partial charge is 0.246 e. The van der Waals surface area contributed by atoms with Crippen LogP contribution in [-0.4, -0.2) is 37.3 Å². The van der Waals surface area contributed by atoms with Crippen molar-refractivity contribution in [2.75, 3.05) is 25.0 Å². The summed E-state index contributed by atoms with van der Waals surface area (Å²) < 4.78 is 27.4. The third kappa shape index (κ3) is 3.06. The van der Waals surface area contributed by atoms with Crippen LogP contribution in [0.15, 0.2) is 23.2 Å². The molecule has 0 aliphatic carbocycles. The molecule has 118 valence electrons. The van der Waals surface area contributed by atoms with Crippen molar-refractivity contribution in [1.29, 1.82) is 0 Å². The van der Waals surface area contributed by atoms with Gasteiger partial charge in [-0.2, -0.15) is 4.31 Å². The fourth-order valence-electron chi connectivity index (χ4n) is 2.96. The summed E-state index contributed by atoms with van der Waals surface area (Å²) >= 11 is 0. The molecule has 1 N–H and O–H groups in total. The Bertz CT molecular complexity index is 582. The van der Waals surface area contributed by atoms with Crippen LogP contribution in [0.25, 0.3) is 0 Å². The molecule has 1 aliphatic rings. The molecule has 1 aromatic heterocycles. The Hall–Kier alpha value is -1.14. The topological polar surface area (TPSA) is 62.3 Å². The molecule has 6 heteroatoms. The summed E-state index contributed by atoms with van der Waals surface area (Å²) in [5.41, 5.74) is 0.133. The second-order valence-electron chi connectivity index (χ2n) is 5.68. The molecule has 2 rings (SSSR count). The van der Waals surface area contributed by atoms with Crippen LogP contribution in [-0.2, 0) is 10.0 Å². The van der Waals surface area contributed by atoms with Crippen LogP contribution in [0.4, 0.5) is 5.82 Å². The Morgan fingerprint density at radius 1 is 1.33 bits per heavy atom. The lowest BCUT2D eigenvalue weighted by molar-refractivity contribution is 0.279. The van der Waals surface area contributed by atoms with Gasteiger partial charge in [-0.3, -0.25) is 0 Å². The zero-order valence-electron chi connectivity index (χ0n) is 13.1. The van der Waals surface area contributed by atoms with Gasteiger partial charge in [-0.25, -0.2) is 13.4 Å². The molecule has 0 bridgehead atoms. The maximum Gasteiger partial charge on any atom is 0.246 e. The third-order valence-corrected chi connectivity index (χ3v) is 6.51. The zero-order chi connectivity index (χ0) is 15.5. The monoisotopic (exact) mass is 311 g/mol. The minimum atomic E-state index is -3.47. The summed E-state index contributed by atoms with van der Waals surface area (Å²) in [6, 6.07) is 3.31. The average Bonchev–Trinajstić information content (AvgIpc) is 2.94. The van der Waals surface area contributed by atoms with Crippen LogP contribution in [0.3, 0.4) is 0 Å². The van der Waals surface area contributed by atoms with Crippen LogP contribution in [0, 0.1) is 5.41 Å². The Balaban J connectivity index is 2.32. The van der Waals surface area contributed by atoms with E-state index in [0.717, 1.165) is 19.3 Å². The summed E-state index contributed by atoms with van der Waals surface area (Å²) in [6.07, 6.45) is 4.59. The van der Waals surface area contributed by atoms with Gasteiger partial charge in [0.1, 0.15) is 10.7 Å². The summed E-state index contributed by atoms with van der Waals surface area (Å²) in [5, 5.41) is 3.04. The molecule has 1 saturated heterocycles. The predicted molar refractivity (Wildman–Crippen MR) is 84.8 cm³/mol. The highest BCUT2D eigenvalue weighted by Gasteiger charge is 2.41. The van der Waals surface area contributed by atoms with Gasteiger partial charge < -0.3 is 5.32 Å². The van der Waals surface area contributed by atoms with Crippen LogP contribution in [0.1, 0.15) is 40.0 Å². The van der Waals surface area contributed by atoms with Crippen LogP contribution >= 0.6 is 0 Å². The lowest BCUT2D eigenvalue weighted by Crippen LogP contribution is -2.32. The van der Waals surface area contributed by atoms with Crippen LogP contribution in [0.2, 0.25) is 0 Å². The molecule has 0 unspecified atom stereocenters. The molecule has 21 heavy (non-hydrogen) atoms. The van der Waals surface area contributed by atoms with Crippen molar-refractivity contribution >= 4 is 15.8 Å². The number of sulfonamides is 1. The number of anilines is 1. The molecule has 0 amide bonds. The molecule has 1 aliphatic heterocycles. The maximum atomic E-state index is 12.9. The molecule has 0 spiro atoms. The molecular formula is C15H25N3O2S. The van der Waals surface area contributed by atoms with Gasteiger partial charge in [-0.15, -0.1) is 0 Å². The van der Waals surface area contributed by atoms with E-state index in [4.69, 9.17) is 0 Å². The first-order valence-electron chi connectivity index (χ1n) is 7.68. The van der Waals surface area contributed by atoms with E-state index in [1.807, 2.05) is 6.92 Å². The molecule has 0 saturated carbocycles. The maximum absolute atomic E-state index is 12.9. The van der Waals surface area contributed by atoms with Crippen LogP contribution in [0.5, 0.6) is 0 Å². The van der Waals surface area contributed by atoms with E-state index in [0.29, 0.717) is 25.5 Å². The van der Waals surface area contributed by atoms with E-state index in [2.05, 4.69) is 24.1 Å². The second-order valence-corrected chi connectivity index (χ2v) is 7.58. The van der Waals surface area contributed by atoms with E-state index >= 15 is 0 Å². The van der Waals surface area contributed by atoms with Crippen molar-refractivity contribution in [2.24, 2.45) is 5.41 Å². The standard InChI is InChI=1S/C15H25N3O2S/c1-4-15(5-2)9-11-18(12-15)21(19,20)13-8-7-10-17-14(13)16-6-3/h7-8,10H,4-6,9,11-12H2,1-3H3,(H,16,17). The summed E-state index contributed by atoms with van der Waals surface area (Å²) in [4.78, 5) is 4.45. The zero-order valence-corrected chi connectivity index (χ0v) is 13.9. The first kappa shape index (κ1) is 16.2. The number of nitrogens with one attached hydrogen (secondary N) is 1. The van der Waals surface area contributed by atoms with E-state index in [9.17, 15) is 8.42 Å².